The van der Waals surface area contributed by atoms with Crippen molar-refractivity contribution in [3.63, 3.8) is 0 Å². The van der Waals surface area contributed by atoms with Crippen molar-refractivity contribution in [2.45, 2.75) is 40.2 Å². The van der Waals surface area contributed by atoms with E-state index in [1.165, 1.54) is 6.07 Å². The molecule has 0 aliphatic heterocycles. The fraction of sp³-hybridized carbons (Fsp3) is 0.529. The number of rotatable bonds is 7. The maximum absolute atomic E-state index is 13.6. The highest BCUT2D eigenvalue weighted by atomic mass is 19.1. The van der Waals surface area contributed by atoms with Crippen molar-refractivity contribution in [3.05, 3.63) is 35.4 Å². The van der Waals surface area contributed by atoms with Gasteiger partial charge in [0.25, 0.3) is 5.91 Å². The molecule has 2 amide bonds. The van der Waals surface area contributed by atoms with E-state index >= 15 is 0 Å². The molecule has 23 heavy (non-hydrogen) atoms. The summed E-state index contributed by atoms with van der Waals surface area (Å²) in [6.45, 7) is 8.07. The second-order valence-corrected chi connectivity index (χ2v) is 6.27. The third kappa shape index (κ3) is 5.62. The molecule has 0 radical (unpaired) electrons. The molecule has 1 aromatic rings. The lowest BCUT2D eigenvalue weighted by atomic mass is 10.0. The molecule has 6 heteroatoms. The van der Waals surface area contributed by atoms with Gasteiger partial charge in [0.15, 0.2) is 0 Å². The summed E-state index contributed by atoms with van der Waals surface area (Å²) in [5.74, 6) is -2.97. The summed E-state index contributed by atoms with van der Waals surface area (Å²) in [6.07, 6.45) is 0.812. The number of halogens is 2. The Balaban J connectivity index is 2.79. The third-order valence-corrected chi connectivity index (χ3v) is 3.45. The Hall–Kier alpha value is -1.98. The standard InChI is InChI=1S/C17H24F2N2O2/c1-10(2)8-9-20-17(23)15(11(3)4)21-16(22)14-12(18)6-5-7-13(14)19/h5-7,10-11,15H,8-9H2,1-4H3,(H,20,23)(H,21,22)/t15-/m1/s1. The van der Waals surface area contributed by atoms with Crippen LogP contribution in [0.3, 0.4) is 0 Å². The van der Waals surface area contributed by atoms with Gasteiger partial charge >= 0.3 is 0 Å². The Morgan fingerprint density at radius 1 is 1.09 bits per heavy atom. The normalized spacial score (nSPS) is 12.3. The maximum atomic E-state index is 13.6. The summed E-state index contributed by atoms with van der Waals surface area (Å²) < 4.78 is 27.3. The number of hydrogen-bond acceptors (Lipinski definition) is 2. The van der Waals surface area contributed by atoms with Crippen molar-refractivity contribution in [3.8, 4) is 0 Å². The van der Waals surface area contributed by atoms with Gasteiger partial charge in [-0.25, -0.2) is 8.78 Å². The van der Waals surface area contributed by atoms with Gasteiger partial charge in [-0.1, -0.05) is 33.8 Å². The molecule has 4 nitrogen and oxygen atoms in total. The molecule has 2 N–H and O–H groups in total. The van der Waals surface area contributed by atoms with Gasteiger partial charge in [0.05, 0.1) is 0 Å². The van der Waals surface area contributed by atoms with Gasteiger partial charge in [-0.15, -0.1) is 0 Å². The van der Waals surface area contributed by atoms with E-state index in [0.29, 0.717) is 12.5 Å². The molecule has 0 heterocycles. The van der Waals surface area contributed by atoms with Crippen LogP contribution in [0.1, 0.15) is 44.5 Å². The van der Waals surface area contributed by atoms with Crippen molar-refractivity contribution < 1.29 is 18.4 Å². The first-order chi connectivity index (χ1) is 10.7. The van der Waals surface area contributed by atoms with Crippen LogP contribution in [0.2, 0.25) is 0 Å². The van der Waals surface area contributed by atoms with E-state index in [4.69, 9.17) is 0 Å². The van der Waals surface area contributed by atoms with Gasteiger partial charge in [-0.05, 0) is 30.4 Å². The number of carbonyl (C=O) groups is 2. The Morgan fingerprint density at radius 2 is 1.65 bits per heavy atom. The minimum Gasteiger partial charge on any atom is -0.354 e. The molecule has 128 valence electrons. The van der Waals surface area contributed by atoms with Crippen LogP contribution < -0.4 is 10.6 Å². The number of hydrogen-bond donors (Lipinski definition) is 2. The van der Waals surface area contributed by atoms with Crippen LogP contribution in [-0.2, 0) is 4.79 Å². The van der Waals surface area contributed by atoms with Crippen LogP contribution in [0.5, 0.6) is 0 Å². The molecule has 0 saturated carbocycles. The molecule has 0 aliphatic rings. The van der Waals surface area contributed by atoms with Crippen LogP contribution in [0.15, 0.2) is 18.2 Å². The van der Waals surface area contributed by atoms with Crippen molar-refractivity contribution in [2.24, 2.45) is 11.8 Å². The summed E-state index contributed by atoms with van der Waals surface area (Å²) >= 11 is 0. The predicted octanol–water partition coefficient (Wildman–Crippen LogP) is 2.88. The topological polar surface area (TPSA) is 58.2 Å². The number of amides is 2. The maximum Gasteiger partial charge on any atom is 0.257 e. The van der Waals surface area contributed by atoms with E-state index in [1.807, 2.05) is 13.8 Å². The zero-order valence-electron chi connectivity index (χ0n) is 14.0. The van der Waals surface area contributed by atoms with Gasteiger partial charge < -0.3 is 10.6 Å². The van der Waals surface area contributed by atoms with Crippen LogP contribution in [0, 0.1) is 23.5 Å². The quantitative estimate of drug-likeness (QED) is 0.809. The summed E-state index contributed by atoms with van der Waals surface area (Å²) in [7, 11) is 0. The third-order valence-electron chi connectivity index (χ3n) is 3.45. The predicted molar refractivity (Wildman–Crippen MR) is 84.9 cm³/mol. The van der Waals surface area contributed by atoms with Crippen LogP contribution in [0.4, 0.5) is 8.78 Å². The fourth-order valence-corrected chi connectivity index (χ4v) is 2.06. The molecule has 1 rings (SSSR count). The Morgan fingerprint density at radius 3 is 2.13 bits per heavy atom. The molecule has 1 atom stereocenters. The van der Waals surface area contributed by atoms with E-state index in [9.17, 15) is 18.4 Å². The van der Waals surface area contributed by atoms with Gasteiger partial charge in [0, 0.05) is 6.54 Å². The van der Waals surface area contributed by atoms with Crippen LogP contribution in [-0.4, -0.2) is 24.4 Å². The smallest absolute Gasteiger partial charge is 0.257 e. The lowest BCUT2D eigenvalue weighted by molar-refractivity contribution is -0.123. The molecule has 0 aromatic heterocycles. The molecular formula is C17H24F2N2O2. The van der Waals surface area contributed by atoms with E-state index in [0.717, 1.165) is 18.6 Å². The van der Waals surface area contributed by atoms with E-state index in [-0.39, 0.29) is 11.8 Å². The van der Waals surface area contributed by atoms with Gasteiger partial charge in [-0.3, -0.25) is 9.59 Å². The number of carbonyl (C=O) groups excluding carboxylic acids is 2. The monoisotopic (exact) mass is 326 g/mol. The Kier molecular flexibility index (Phi) is 7.13. The first-order valence-corrected chi connectivity index (χ1v) is 7.76. The SMILES string of the molecule is CC(C)CCNC(=O)[C@H](NC(=O)c1c(F)cccc1F)C(C)C. The lowest BCUT2D eigenvalue weighted by Gasteiger charge is -2.22. The molecule has 0 spiro atoms. The molecule has 0 aliphatic carbocycles. The minimum atomic E-state index is -0.953. The summed E-state index contributed by atoms with van der Waals surface area (Å²) in [5, 5.41) is 5.16. The second-order valence-electron chi connectivity index (χ2n) is 6.27. The van der Waals surface area contributed by atoms with Gasteiger partial charge in [-0.2, -0.15) is 0 Å². The fourth-order valence-electron chi connectivity index (χ4n) is 2.06. The van der Waals surface area contributed by atoms with Crippen molar-refractivity contribution in [2.75, 3.05) is 6.54 Å². The Labute approximate surface area is 135 Å². The first kappa shape index (κ1) is 19.1. The van der Waals surface area contributed by atoms with E-state index < -0.39 is 29.1 Å². The van der Waals surface area contributed by atoms with E-state index in [2.05, 4.69) is 10.6 Å². The van der Waals surface area contributed by atoms with Gasteiger partial charge in [0.2, 0.25) is 5.91 Å². The average molecular weight is 326 g/mol. The molecule has 0 unspecified atom stereocenters. The van der Waals surface area contributed by atoms with E-state index in [1.54, 1.807) is 13.8 Å². The highest BCUT2D eigenvalue weighted by Crippen LogP contribution is 2.13. The zero-order chi connectivity index (χ0) is 17.6. The highest BCUT2D eigenvalue weighted by Gasteiger charge is 2.27. The Bertz CT molecular complexity index is 539. The molecule has 1 aromatic carbocycles. The molecule has 0 fully saturated rings. The molecule has 0 saturated heterocycles. The highest BCUT2D eigenvalue weighted by molar-refractivity contribution is 5.98. The minimum absolute atomic E-state index is 0.215. The molecular weight excluding hydrogens is 302 g/mol. The number of benzene rings is 1. The largest absolute Gasteiger partial charge is 0.354 e. The summed E-state index contributed by atoms with van der Waals surface area (Å²) in [6, 6.07) is 2.34. The zero-order valence-corrected chi connectivity index (χ0v) is 14.0. The van der Waals surface area contributed by atoms with Gasteiger partial charge in [0.1, 0.15) is 23.2 Å². The molecule has 0 bridgehead atoms. The average Bonchev–Trinajstić information content (AvgIpc) is 2.43. The van der Waals surface area contributed by atoms with Crippen LogP contribution >= 0.6 is 0 Å². The second kappa shape index (κ2) is 8.60. The summed E-state index contributed by atoms with van der Waals surface area (Å²) in [5.41, 5.74) is -0.673. The lowest BCUT2D eigenvalue weighted by Crippen LogP contribution is -2.50. The first-order valence-electron chi connectivity index (χ1n) is 7.76. The van der Waals surface area contributed by atoms with Crippen molar-refractivity contribution in [1.82, 2.24) is 10.6 Å². The van der Waals surface area contributed by atoms with Crippen molar-refractivity contribution in [1.29, 1.82) is 0 Å². The van der Waals surface area contributed by atoms with Crippen LogP contribution in [0.25, 0.3) is 0 Å². The summed E-state index contributed by atoms with van der Waals surface area (Å²) in [4.78, 5) is 24.3. The number of nitrogens with one attached hydrogen (secondary N) is 2. The van der Waals surface area contributed by atoms with Crippen molar-refractivity contribution >= 4 is 11.8 Å².